The Bertz CT molecular complexity index is 374. The van der Waals surface area contributed by atoms with Gasteiger partial charge in [-0.3, -0.25) is 4.79 Å². The lowest BCUT2D eigenvalue weighted by Gasteiger charge is -2.22. The lowest BCUT2D eigenvalue weighted by Crippen LogP contribution is -2.42. The van der Waals surface area contributed by atoms with E-state index in [1.54, 1.807) is 30.0 Å². The first-order valence-corrected chi connectivity index (χ1v) is 7.67. The molecule has 1 aromatic rings. The van der Waals surface area contributed by atoms with Gasteiger partial charge in [-0.2, -0.15) is 11.8 Å². The van der Waals surface area contributed by atoms with Crippen LogP contribution in [-0.2, 0) is 11.2 Å². The van der Waals surface area contributed by atoms with E-state index in [2.05, 4.69) is 5.32 Å². The van der Waals surface area contributed by atoms with Crippen LogP contribution in [0.3, 0.4) is 0 Å². The maximum absolute atomic E-state index is 11.7. The van der Waals surface area contributed by atoms with Gasteiger partial charge in [-0.05, 0) is 32.2 Å². The Morgan fingerprint density at radius 3 is 2.82 bits per heavy atom. The van der Waals surface area contributed by atoms with Crippen molar-refractivity contribution in [2.45, 2.75) is 25.9 Å². The van der Waals surface area contributed by atoms with Gasteiger partial charge in [0, 0.05) is 22.1 Å². The Morgan fingerprint density at radius 1 is 1.59 bits per heavy atom. The second-order valence-corrected chi connectivity index (χ2v) is 6.63. The fourth-order valence-electron chi connectivity index (χ4n) is 1.45. The molecule has 0 bridgehead atoms. The third kappa shape index (κ3) is 5.57. The molecule has 2 N–H and O–H groups in total. The average Bonchev–Trinajstić information content (AvgIpc) is 2.61. The van der Waals surface area contributed by atoms with E-state index in [9.17, 15) is 9.90 Å². The van der Waals surface area contributed by atoms with E-state index in [0.717, 1.165) is 4.88 Å². The number of carbonyl (C=O) groups excluding carboxylic acids is 1. The molecule has 0 aliphatic rings. The molecule has 0 fully saturated rings. The summed E-state index contributed by atoms with van der Waals surface area (Å²) in [6.45, 7) is 4.06. The van der Waals surface area contributed by atoms with E-state index >= 15 is 0 Å². The molecule has 1 unspecified atom stereocenters. The number of nitrogens with one attached hydrogen (secondary N) is 1. The fraction of sp³-hybridized carbons (Fsp3) is 0.583. The molecule has 5 heteroatoms. The Kier molecular flexibility index (Phi) is 5.49. The number of rotatable bonds is 6. The van der Waals surface area contributed by atoms with Gasteiger partial charge in [-0.15, -0.1) is 11.3 Å². The summed E-state index contributed by atoms with van der Waals surface area (Å²) >= 11 is 3.20. The summed E-state index contributed by atoms with van der Waals surface area (Å²) < 4.78 is 0. The molecule has 1 atom stereocenters. The van der Waals surface area contributed by atoms with Gasteiger partial charge in [0.1, 0.15) is 0 Å². The predicted molar refractivity (Wildman–Crippen MR) is 74.8 cm³/mol. The molecule has 0 radical (unpaired) electrons. The van der Waals surface area contributed by atoms with Crippen molar-refractivity contribution in [2.24, 2.45) is 0 Å². The number of hydrogen-bond donors (Lipinski definition) is 2. The topological polar surface area (TPSA) is 49.3 Å². The minimum Gasteiger partial charge on any atom is -0.387 e. The van der Waals surface area contributed by atoms with Gasteiger partial charge in [-0.25, -0.2) is 0 Å². The zero-order valence-corrected chi connectivity index (χ0v) is 12.1. The van der Waals surface area contributed by atoms with E-state index in [4.69, 9.17) is 0 Å². The van der Waals surface area contributed by atoms with Crippen LogP contribution in [0.15, 0.2) is 12.1 Å². The quantitative estimate of drug-likeness (QED) is 0.831. The van der Waals surface area contributed by atoms with Crippen molar-refractivity contribution in [2.75, 3.05) is 18.6 Å². The monoisotopic (exact) mass is 273 g/mol. The van der Waals surface area contributed by atoms with Crippen LogP contribution in [0.5, 0.6) is 0 Å². The van der Waals surface area contributed by atoms with E-state index < -0.39 is 5.60 Å². The molecule has 0 spiro atoms. The van der Waals surface area contributed by atoms with E-state index in [1.807, 2.05) is 25.3 Å². The number of thiophene rings is 1. The van der Waals surface area contributed by atoms with Crippen molar-refractivity contribution in [3.8, 4) is 0 Å². The molecule has 3 nitrogen and oxygen atoms in total. The predicted octanol–water partition coefficient (Wildman–Crippen LogP) is 1.83. The van der Waals surface area contributed by atoms with Crippen LogP contribution in [0.1, 0.15) is 16.7 Å². The van der Waals surface area contributed by atoms with Crippen LogP contribution in [0.4, 0.5) is 0 Å². The highest BCUT2D eigenvalue weighted by Crippen LogP contribution is 2.15. The summed E-state index contributed by atoms with van der Waals surface area (Å²) in [5, 5.41) is 12.7. The van der Waals surface area contributed by atoms with Crippen molar-refractivity contribution in [3.05, 3.63) is 21.9 Å². The van der Waals surface area contributed by atoms with Gasteiger partial charge < -0.3 is 10.4 Å². The summed E-state index contributed by atoms with van der Waals surface area (Å²) in [7, 11) is 0. The molecule has 0 aliphatic heterocycles. The molecule has 0 aromatic carbocycles. The van der Waals surface area contributed by atoms with Gasteiger partial charge in [-0.1, -0.05) is 0 Å². The number of aryl methyl sites for hydroxylation is 1. The van der Waals surface area contributed by atoms with Crippen LogP contribution in [0.2, 0.25) is 0 Å². The summed E-state index contributed by atoms with van der Waals surface area (Å²) in [6, 6.07) is 3.98. The second-order valence-electron chi connectivity index (χ2n) is 4.40. The molecule has 1 aromatic heterocycles. The van der Waals surface area contributed by atoms with Gasteiger partial charge in [0.2, 0.25) is 5.91 Å². The standard InChI is InChI=1S/C12H19NO2S2/c1-9-4-5-10(17-9)6-11(14)13-7-12(2,15)8-16-3/h4-5,15H,6-8H2,1-3H3,(H,13,14). The normalized spacial score (nSPS) is 14.4. The minimum atomic E-state index is -0.833. The van der Waals surface area contributed by atoms with Crippen LogP contribution in [0, 0.1) is 6.92 Å². The van der Waals surface area contributed by atoms with E-state index in [-0.39, 0.29) is 5.91 Å². The lowest BCUT2D eigenvalue weighted by molar-refractivity contribution is -0.121. The molecular weight excluding hydrogens is 254 g/mol. The SMILES string of the molecule is CSCC(C)(O)CNC(=O)Cc1ccc(C)s1. The van der Waals surface area contributed by atoms with Crippen LogP contribution >= 0.6 is 23.1 Å². The highest BCUT2D eigenvalue weighted by Gasteiger charge is 2.20. The van der Waals surface area contributed by atoms with Gasteiger partial charge >= 0.3 is 0 Å². The Morgan fingerprint density at radius 2 is 2.29 bits per heavy atom. The number of amides is 1. The Labute approximate surface area is 111 Å². The summed E-state index contributed by atoms with van der Waals surface area (Å²) in [6.07, 6.45) is 2.33. The van der Waals surface area contributed by atoms with Gasteiger partial charge in [0.25, 0.3) is 0 Å². The molecular formula is C12H19NO2S2. The fourth-order valence-corrected chi connectivity index (χ4v) is 3.06. The zero-order chi connectivity index (χ0) is 12.9. The Hall–Kier alpha value is -0.520. The number of aliphatic hydroxyl groups is 1. The molecule has 96 valence electrons. The highest BCUT2D eigenvalue weighted by atomic mass is 32.2. The van der Waals surface area contributed by atoms with Crippen LogP contribution < -0.4 is 5.32 Å². The number of carbonyl (C=O) groups is 1. The molecule has 1 rings (SSSR count). The van der Waals surface area contributed by atoms with Gasteiger partial charge in [0.15, 0.2) is 0 Å². The summed E-state index contributed by atoms with van der Waals surface area (Å²) in [5.74, 6) is 0.582. The summed E-state index contributed by atoms with van der Waals surface area (Å²) in [4.78, 5) is 13.9. The van der Waals surface area contributed by atoms with Crippen LogP contribution in [0.25, 0.3) is 0 Å². The van der Waals surface area contributed by atoms with Crippen molar-refractivity contribution < 1.29 is 9.90 Å². The van der Waals surface area contributed by atoms with Gasteiger partial charge in [0.05, 0.1) is 12.0 Å². The first kappa shape index (κ1) is 14.5. The zero-order valence-electron chi connectivity index (χ0n) is 10.4. The third-order valence-electron chi connectivity index (χ3n) is 2.25. The Balaban J connectivity index is 2.35. The van der Waals surface area contributed by atoms with E-state index in [1.165, 1.54) is 4.88 Å². The van der Waals surface area contributed by atoms with Crippen LogP contribution in [-0.4, -0.2) is 35.2 Å². The van der Waals surface area contributed by atoms with Crippen molar-refractivity contribution in [3.63, 3.8) is 0 Å². The third-order valence-corrected chi connectivity index (χ3v) is 4.16. The molecule has 0 saturated heterocycles. The molecule has 1 heterocycles. The molecule has 17 heavy (non-hydrogen) atoms. The largest absolute Gasteiger partial charge is 0.387 e. The molecule has 0 saturated carbocycles. The first-order valence-electron chi connectivity index (χ1n) is 5.46. The summed E-state index contributed by atoms with van der Waals surface area (Å²) in [5.41, 5.74) is -0.833. The number of thioether (sulfide) groups is 1. The number of hydrogen-bond acceptors (Lipinski definition) is 4. The van der Waals surface area contributed by atoms with Crippen molar-refractivity contribution in [1.82, 2.24) is 5.32 Å². The van der Waals surface area contributed by atoms with Crippen molar-refractivity contribution >= 4 is 29.0 Å². The first-order chi connectivity index (χ1) is 7.93. The van der Waals surface area contributed by atoms with E-state index in [0.29, 0.717) is 18.7 Å². The maximum atomic E-state index is 11.7. The minimum absolute atomic E-state index is 0.0340. The highest BCUT2D eigenvalue weighted by molar-refractivity contribution is 7.98. The molecule has 1 amide bonds. The molecule has 0 aliphatic carbocycles. The van der Waals surface area contributed by atoms with Crippen molar-refractivity contribution in [1.29, 1.82) is 0 Å². The lowest BCUT2D eigenvalue weighted by atomic mass is 10.1. The average molecular weight is 273 g/mol. The maximum Gasteiger partial charge on any atom is 0.225 e. The smallest absolute Gasteiger partial charge is 0.225 e. The second kappa shape index (κ2) is 6.42.